The second-order valence-electron chi connectivity index (χ2n) is 7.98. The highest BCUT2D eigenvalue weighted by Gasteiger charge is 2.20. The molecule has 156 valence electrons. The number of aliphatic hydroxyl groups is 1. The van der Waals surface area contributed by atoms with Gasteiger partial charge in [-0.2, -0.15) is 0 Å². The Labute approximate surface area is 161 Å². The van der Waals surface area contributed by atoms with Crippen LogP contribution in [0.5, 0.6) is 0 Å². The van der Waals surface area contributed by atoms with Crippen LogP contribution >= 0.6 is 12.4 Å². The zero-order valence-corrected chi connectivity index (χ0v) is 17.5. The molecular weight excluding hydrogens is 368 g/mol. The zero-order valence-electron chi connectivity index (χ0n) is 16.7. The number of aliphatic hydroxyl groups excluding tert-OH is 1. The summed E-state index contributed by atoms with van der Waals surface area (Å²) in [5.41, 5.74) is 0. The maximum absolute atomic E-state index is 10.7. The number of ether oxygens (including phenoxy) is 1. The molecule has 0 aromatic carbocycles. The number of carboxylic acids is 2. The third-order valence-corrected chi connectivity index (χ3v) is 2.64. The predicted molar refractivity (Wildman–Crippen MR) is 93.9 cm³/mol. The van der Waals surface area contributed by atoms with Gasteiger partial charge in [0.05, 0.1) is 42.3 Å². The molecule has 0 aliphatic rings. The van der Waals surface area contributed by atoms with E-state index in [2.05, 4.69) is 0 Å². The van der Waals surface area contributed by atoms with Crippen molar-refractivity contribution in [2.75, 3.05) is 55.4 Å². The fourth-order valence-electron chi connectivity index (χ4n) is 2.06. The Bertz CT molecular complexity index is 429. The van der Waals surface area contributed by atoms with Gasteiger partial charge >= 0.3 is 5.97 Å². The van der Waals surface area contributed by atoms with Crippen molar-refractivity contribution in [1.82, 2.24) is 0 Å². The third-order valence-electron chi connectivity index (χ3n) is 2.64. The molecule has 10 heteroatoms. The lowest BCUT2D eigenvalue weighted by atomic mass is 10.2. The number of halogens is 1. The highest BCUT2D eigenvalue weighted by atomic mass is 35.5. The van der Waals surface area contributed by atoms with Gasteiger partial charge in [0.1, 0.15) is 19.2 Å². The predicted octanol–water partition coefficient (Wildman–Crippen LogP) is -2.62. The number of carbonyl (C=O) groups is 3. The lowest BCUT2D eigenvalue weighted by Gasteiger charge is -2.28. The molecule has 0 amide bonds. The smallest absolute Gasteiger partial charge is 0.303 e. The average Bonchev–Trinajstić information content (AvgIpc) is 2.19. The minimum absolute atomic E-state index is 0. The Morgan fingerprint density at radius 1 is 0.885 bits per heavy atom. The van der Waals surface area contributed by atoms with Crippen LogP contribution in [0, 0.1) is 0 Å². The van der Waals surface area contributed by atoms with Gasteiger partial charge < -0.3 is 38.6 Å². The highest BCUT2D eigenvalue weighted by Crippen LogP contribution is 2.04. The number of nitrogens with zero attached hydrogens (tertiary/aromatic N) is 2. The first kappa shape index (κ1) is 29.3. The van der Waals surface area contributed by atoms with E-state index in [0.29, 0.717) is 22.1 Å². The SMILES string of the molecule is CC(=O)O[C@H](CC(=O)[O-])C[N+](C)(C)C.C[N+](C)(C)CC(O)CC(=O)[O-].Cl. The number of esters is 1. The lowest BCUT2D eigenvalue weighted by molar-refractivity contribution is -0.873. The van der Waals surface area contributed by atoms with Crippen molar-refractivity contribution in [2.24, 2.45) is 0 Å². The van der Waals surface area contributed by atoms with Gasteiger partial charge in [0.25, 0.3) is 0 Å². The second-order valence-corrected chi connectivity index (χ2v) is 7.98. The Morgan fingerprint density at radius 3 is 1.54 bits per heavy atom. The van der Waals surface area contributed by atoms with Gasteiger partial charge in [0.15, 0.2) is 6.10 Å². The third kappa shape index (κ3) is 24.8. The Kier molecular flexibility index (Phi) is 14.5. The Balaban J connectivity index is -0.000000402. The number of quaternary nitrogens is 2. The molecule has 1 N–H and O–H groups in total. The van der Waals surface area contributed by atoms with Crippen LogP contribution in [0.3, 0.4) is 0 Å². The molecule has 0 aromatic heterocycles. The standard InChI is InChI=1S/C9H17NO4.C7H15NO3.ClH/c1-7(11)14-8(5-9(12)13)6-10(2,3)4;1-8(2,3)5-6(9)4-7(10)11;/h8H,5-6H2,1-4H3;6,9H,4-5H2,1-3H3;1H/t8-;;/m1../s1. The summed E-state index contributed by atoms with van der Waals surface area (Å²) in [5.74, 6) is -2.87. The topological polar surface area (TPSA) is 127 Å². The van der Waals surface area contributed by atoms with Gasteiger partial charge in [-0.1, -0.05) is 0 Å². The van der Waals surface area contributed by atoms with Crippen molar-refractivity contribution in [3.63, 3.8) is 0 Å². The minimum Gasteiger partial charge on any atom is -0.550 e. The van der Waals surface area contributed by atoms with Gasteiger partial charge in [0.2, 0.25) is 0 Å². The summed E-state index contributed by atoms with van der Waals surface area (Å²) in [4.78, 5) is 31.1. The first-order valence-electron chi connectivity index (χ1n) is 7.87. The number of hydrogen-bond donors (Lipinski definition) is 1. The van der Waals surface area contributed by atoms with E-state index in [0.717, 1.165) is 0 Å². The molecule has 1 unspecified atom stereocenters. The van der Waals surface area contributed by atoms with E-state index in [1.54, 1.807) is 0 Å². The van der Waals surface area contributed by atoms with Crippen LogP contribution in [0.2, 0.25) is 0 Å². The van der Waals surface area contributed by atoms with Gasteiger partial charge in [-0.3, -0.25) is 4.79 Å². The molecule has 2 atom stereocenters. The quantitative estimate of drug-likeness (QED) is 0.331. The molecule has 0 bridgehead atoms. The van der Waals surface area contributed by atoms with Gasteiger partial charge in [-0.15, -0.1) is 12.4 Å². The van der Waals surface area contributed by atoms with E-state index >= 15 is 0 Å². The molecule has 0 spiro atoms. The molecule has 0 aromatic rings. The van der Waals surface area contributed by atoms with Gasteiger partial charge in [0, 0.05) is 31.7 Å². The van der Waals surface area contributed by atoms with Crippen LogP contribution in [0.1, 0.15) is 19.8 Å². The van der Waals surface area contributed by atoms with Crippen molar-refractivity contribution in [3.8, 4) is 0 Å². The first-order valence-corrected chi connectivity index (χ1v) is 7.87. The van der Waals surface area contributed by atoms with Gasteiger partial charge in [-0.05, 0) is 0 Å². The van der Waals surface area contributed by atoms with Crippen molar-refractivity contribution in [2.45, 2.75) is 32.0 Å². The fraction of sp³-hybridized carbons (Fsp3) is 0.812. The maximum atomic E-state index is 10.7. The number of carbonyl (C=O) groups excluding carboxylic acids is 3. The zero-order chi connectivity index (χ0) is 20.4. The van der Waals surface area contributed by atoms with E-state index in [1.165, 1.54) is 6.92 Å². The summed E-state index contributed by atoms with van der Waals surface area (Å²) >= 11 is 0. The minimum atomic E-state index is -1.20. The number of likely N-dealkylation sites (N-methyl/N-ethyl adjacent to an activating group) is 2. The molecular formula is C16H33ClN2O7. The number of hydrogen-bond acceptors (Lipinski definition) is 7. The molecule has 0 radical (unpaired) electrons. The molecule has 0 saturated carbocycles. The summed E-state index contributed by atoms with van der Waals surface area (Å²) in [6, 6.07) is 0. The molecule has 9 nitrogen and oxygen atoms in total. The largest absolute Gasteiger partial charge is 0.550 e. The van der Waals surface area contributed by atoms with Gasteiger partial charge in [-0.25, -0.2) is 0 Å². The first-order chi connectivity index (χ1) is 11.0. The van der Waals surface area contributed by atoms with Crippen molar-refractivity contribution >= 4 is 30.3 Å². The van der Waals surface area contributed by atoms with Crippen LogP contribution in [0.15, 0.2) is 0 Å². The summed E-state index contributed by atoms with van der Waals surface area (Å²) in [7, 11) is 11.3. The molecule has 0 heterocycles. The normalized spacial score (nSPS) is 13.4. The van der Waals surface area contributed by atoms with E-state index in [1.807, 2.05) is 42.3 Å². The highest BCUT2D eigenvalue weighted by molar-refractivity contribution is 5.85. The van der Waals surface area contributed by atoms with Crippen molar-refractivity contribution < 1.29 is 43.4 Å². The molecule has 0 fully saturated rings. The summed E-state index contributed by atoms with van der Waals surface area (Å²) in [6.45, 7) is 2.14. The number of aliphatic carboxylic acids is 2. The number of rotatable bonds is 9. The van der Waals surface area contributed by atoms with Crippen LogP contribution in [0.25, 0.3) is 0 Å². The van der Waals surface area contributed by atoms with E-state index in [9.17, 15) is 24.6 Å². The van der Waals surface area contributed by atoms with E-state index in [4.69, 9.17) is 9.84 Å². The van der Waals surface area contributed by atoms with Crippen LogP contribution in [0.4, 0.5) is 0 Å². The second kappa shape index (κ2) is 12.9. The molecule has 0 aliphatic carbocycles. The van der Waals surface area contributed by atoms with Crippen molar-refractivity contribution in [1.29, 1.82) is 0 Å². The fourth-order valence-corrected chi connectivity index (χ4v) is 2.06. The number of carboxylic acid groups (broad SMARTS) is 2. The monoisotopic (exact) mass is 400 g/mol. The molecule has 0 saturated heterocycles. The molecule has 0 aliphatic heterocycles. The van der Waals surface area contributed by atoms with Crippen LogP contribution in [-0.2, 0) is 19.1 Å². The molecule has 26 heavy (non-hydrogen) atoms. The lowest BCUT2D eigenvalue weighted by Crippen LogP contribution is -2.45. The molecule has 0 rings (SSSR count). The van der Waals surface area contributed by atoms with E-state index < -0.39 is 30.1 Å². The summed E-state index contributed by atoms with van der Waals surface area (Å²) in [5, 5.41) is 29.5. The van der Waals surface area contributed by atoms with Crippen molar-refractivity contribution in [3.05, 3.63) is 0 Å². The summed E-state index contributed by atoms with van der Waals surface area (Å²) < 4.78 is 5.94. The van der Waals surface area contributed by atoms with E-state index in [-0.39, 0.29) is 25.2 Å². The maximum Gasteiger partial charge on any atom is 0.303 e. The van der Waals surface area contributed by atoms with Crippen LogP contribution < -0.4 is 10.2 Å². The summed E-state index contributed by atoms with van der Waals surface area (Å²) in [6.07, 6.45) is -1.96. The van der Waals surface area contributed by atoms with Crippen LogP contribution in [-0.4, -0.2) is 99.6 Å². The Hall–Kier alpha value is -1.42. The Morgan fingerprint density at radius 2 is 1.27 bits per heavy atom. The average molecular weight is 401 g/mol.